The second-order valence-electron chi connectivity index (χ2n) is 5.46. The third kappa shape index (κ3) is 6.72. The third-order valence-electron chi connectivity index (χ3n) is 3.71. The van der Waals surface area contributed by atoms with Gasteiger partial charge >= 0.3 is 0 Å². The van der Waals surface area contributed by atoms with Crippen molar-refractivity contribution in [3.63, 3.8) is 0 Å². The molecule has 1 heterocycles. The summed E-state index contributed by atoms with van der Waals surface area (Å²) >= 11 is 0. The van der Waals surface area contributed by atoms with Gasteiger partial charge in [-0.15, -0.1) is 0 Å². The smallest absolute Gasteiger partial charge is 0.0576 e. The van der Waals surface area contributed by atoms with Gasteiger partial charge in [0, 0.05) is 11.7 Å². The van der Waals surface area contributed by atoms with Crippen LogP contribution >= 0.6 is 0 Å². The molecule has 0 aromatic carbocycles. The van der Waals surface area contributed by atoms with Gasteiger partial charge in [0.1, 0.15) is 0 Å². The summed E-state index contributed by atoms with van der Waals surface area (Å²) in [5.74, 6) is 0. The summed E-state index contributed by atoms with van der Waals surface area (Å²) in [5, 5.41) is 3.39. The number of hydrogen-bond donors (Lipinski definition) is 1. The average Bonchev–Trinajstić information content (AvgIpc) is 2.42. The molecular formula is C17H30N2. The van der Waals surface area contributed by atoms with Crippen molar-refractivity contribution in [2.75, 3.05) is 7.05 Å². The van der Waals surface area contributed by atoms with Gasteiger partial charge in [-0.05, 0) is 32.5 Å². The van der Waals surface area contributed by atoms with E-state index < -0.39 is 0 Å². The van der Waals surface area contributed by atoms with Crippen LogP contribution in [-0.4, -0.2) is 12.0 Å². The van der Waals surface area contributed by atoms with Crippen molar-refractivity contribution in [1.82, 2.24) is 10.3 Å². The quantitative estimate of drug-likeness (QED) is 0.613. The normalized spacial score (nSPS) is 12.6. The Bertz CT molecular complexity index is 336. The summed E-state index contributed by atoms with van der Waals surface area (Å²) < 4.78 is 0. The van der Waals surface area contributed by atoms with E-state index in [4.69, 9.17) is 0 Å². The van der Waals surface area contributed by atoms with Crippen molar-refractivity contribution < 1.29 is 0 Å². The van der Waals surface area contributed by atoms with Gasteiger partial charge < -0.3 is 5.32 Å². The molecule has 0 aliphatic carbocycles. The van der Waals surface area contributed by atoms with Crippen molar-refractivity contribution in [2.45, 2.75) is 71.3 Å². The zero-order chi connectivity index (χ0) is 13.9. The van der Waals surface area contributed by atoms with E-state index in [0.29, 0.717) is 6.04 Å². The number of rotatable bonds is 10. The molecule has 1 aromatic heterocycles. The van der Waals surface area contributed by atoms with Gasteiger partial charge in [0.15, 0.2) is 0 Å². The monoisotopic (exact) mass is 262 g/mol. The van der Waals surface area contributed by atoms with E-state index in [2.05, 4.69) is 42.3 Å². The lowest BCUT2D eigenvalue weighted by Gasteiger charge is -2.16. The Morgan fingerprint density at radius 3 is 2.37 bits per heavy atom. The number of aryl methyl sites for hydroxylation is 1. The molecule has 2 nitrogen and oxygen atoms in total. The highest BCUT2D eigenvalue weighted by Gasteiger charge is 2.09. The van der Waals surface area contributed by atoms with E-state index in [1.807, 2.05) is 7.05 Å². The first kappa shape index (κ1) is 16.2. The molecule has 0 bridgehead atoms. The molecule has 19 heavy (non-hydrogen) atoms. The maximum atomic E-state index is 4.62. The number of nitrogens with zero attached hydrogens (tertiary/aromatic N) is 1. The summed E-state index contributed by atoms with van der Waals surface area (Å²) in [6.07, 6.45) is 10.8. The molecule has 108 valence electrons. The molecule has 0 radical (unpaired) electrons. The number of aromatic nitrogens is 1. The van der Waals surface area contributed by atoms with Crippen LogP contribution in [0.3, 0.4) is 0 Å². The molecule has 0 saturated heterocycles. The van der Waals surface area contributed by atoms with Crippen LogP contribution in [0.5, 0.6) is 0 Å². The molecule has 0 aliphatic rings. The Balaban J connectivity index is 2.22. The van der Waals surface area contributed by atoms with Crippen molar-refractivity contribution in [3.8, 4) is 0 Å². The molecule has 1 aromatic rings. The van der Waals surface area contributed by atoms with Crippen molar-refractivity contribution >= 4 is 0 Å². The minimum Gasteiger partial charge on any atom is -0.312 e. The predicted molar refractivity (Wildman–Crippen MR) is 83.4 cm³/mol. The van der Waals surface area contributed by atoms with Gasteiger partial charge in [-0.3, -0.25) is 4.98 Å². The molecule has 0 amide bonds. The van der Waals surface area contributed by atoms with Crippen molar-refractivity contribution in [1.29, 1.82) is 0 Å². The minimum atomic E-state index is 0.413. The Kier molecular flexibility index (Phi) is 8.48. The maximum Gasteiger partial charge on any atom is 0.0576 e. The highest BCUT2D eigenvalue weighted by atomic mass is 14.9. The summed E-state index contributed by atoms with van der Waals surface area (Å²) in [6.45, 7) is 4.33. The van der Waals surface area contributed by atoms with Gasteiger partial charge in [0.25, 0.3) is 0 Å². The average molecular weight is 262 g/mol. The fourth-order valence-electron chi connectivity index (χ4n) is 2.50. The lowest BCUT2D eigenvalue weighted by molar-refractivity contribution is 0.487. The lowest BCUT2D eigenvalue weighted by Crippen LogP contribution is -2.17. The molecule has 1 N–H and O–H groups in total. The van der Waals surface area contributed by atoms with Crippen LogP contribution in [-0.2, 0) is 0 Å². The van der Waals surface area contributed by atoms with E-state index in [-0.39, 0.29) is 0 Å². The number of nitrogens with one attached hydrogen (secondary N) is 1. The summed E-state index contributed by atoms with van der Waals surface area (Å²) in [6, 6.07) is 6.71. The fourth-order valence-corrected chi connectivity index (χ4v) is 2.50. The summed E-state index contributed by atoms with van der Waals surface area (Å²) in [4.78, 5) is 4.62. The van der Waals surface area contributed by atoms with E-state index in [9.17, 15) is 0 Å². The topological polar surface area (TPSA) is 24.9 Å². The van der Waals surface area contributed by atoms with Gasteiger partial charge in [0.2, 0.25) is 0 Å². The van der Waals surface area contributed by atoms with E-state index >= 15 is 0 Å². The van der Waals surface area contributed by atoms with Crippen LogP contribution in [0.4, 0.5) is 0 Å². The first-order valence-electron chi connectivity index (χ1n) is 7.88. The summed E-state index contributed by atoms with van der Waals surface area (Å²) in [7, 11) is 2.04. The second kappa shape index (κ2) is 9.96. The second-order valence-corrected chi connectivity index (χ2v) is 5.46. The van der Waals surface area contributed by atoms with Gasteiger partial charge in [-0.1, -0.05) is 57.9 Å². The lowest BCUT2D eigenvalue weighted by atomic mass is 10.0. The van der Waals surface area contributed by atoms with Gasteiger partial charge in [-0.2, -0.15) is 0 Å². The zero-order valence-electron chi connectivity index (χ0n) is 12.9. The van der Waals surface area contributed by atoms with Crippen LogP contribution < -0.4 is 5.32 Å². The number of unbranched alkanes of at least 4 members (excludes halogenated alkanes) is 6. The molecule has 0 spiro atoms. The molecule has 1 atom stereocenters. The molecule has 0 aliphatic heterocycles. The first-order valence-corrected chi connectivity index (χ1v) is 7.88. The SMILES string of the molecule is CCCCCCCCCC(NC)c1cccc(C)n1. The standard InChI is InChI=1S/C17H30N2/c1-4-5-6-7-8-9-10-13-16(18-3)17-14-11-12-15(2)19-17/h11-12,14,16,18H,4-10,13H2,1-3H3. The van der Waals surface area contributed by atoms with E-state index in [1.54, 1.807) is 0 Å². The molecule has 1 unspecified atom stereocenters. The molecule has 0 fully saturated rings. The minimum absolute atomic E-state index is 0.413. The van der Waals surface area contributed by atoms with Crippen LogP contribution in [0.2, 0.25) is 0 Å². The highest BCUT2D eigenvalue weighted by Crippen LogP contribution is 2.18. The van der Waals surface area contributed by atoms with Crippen LogP contribution in [0, 0.1) is 6.92 Å². The number of pyridine rings is 1. The highest BCUT2D eigenvalue weighted by molar-refractivity contribution is 5.13. The van der Waals surface area contributed by atoms with Crippen LogP contribution in [0.25, 0.3) is 0 Å². The van der Waals surface area contributed by atoms with Crippen molar-refractivity contribution in [2.24, 2.45) is 0 Å². The van der Waals surface area contributed by atoms with Crippen LogP contribution in [0.1, 0.15) is 75.7 Å². The molecule has 0 saturated carbocycles. The molecule has 2 heteroatoms. The van der Waals surface area contributed by atoms with Crippen molar-refractivity contribution in [3.05, 3.63) is 29.6 Å². The zero-order valence-corrected chi connectivity index (χ0v) is 12.9. The Morgan fingerprint density at radius 2 is 1.74 bits per heavy atom. The third-order valence-corrected chi connectivity index (χ3v) is 3.71. The molecule has 1 rings (SSSR count). The van der Waals surface area contributed by atoms with Gasteiger partial charge in [-0.25, -0.2) is 0 Å². The van der Waals surface area contributed by atoms with Gasteiger partial charge in [0.05, 0.1) is 5.69 Å². The van der Waals surface area contributed by atoms with E-state index in [0.717, 1.165) is 5.69 Å². The summed E-state index contributed by atoms with van der Waals surface area (Å²) in [5.41, 5.74) is 2.30. The Labute approximate surface area is 119 Å². The fraction of sp³-hybridized carbons (Fsp3) is 0.706. The number of hydrogen-bond acceptors (Lipinski definition) is 2. The maximum absolute atomic E-state index is 4.62. The van der Waals surface area contributed by atoms with E-state index in [1.165, 1.54) is 57.1 Å². The van der Waals surface area contributed by atoms with Crippen LogP contribution in [0.15, 0.2) is 18.2 Å². The predicted octanol–water partition coefficient (Wildman–Crippen LogP) is 4.79. The Morgan fingerprint density at radius 1 is 1.05 bits per heavy atom. The largest absolute Gasteiger partial charge is 0.312 e. The first-order chi connectivity index (χ1) is 9.27. The molecular weight excluding hydrogens is 232 g/mol. The Hall–Kier alpha value is -0.890.